The summed E-state index contributed by atoms with van der Waals surface area (Å²) in [6, 6.07) is 11.8. The molecule has 13 heteroatoms. The molecule has 0 aliphatic carbocycles. The summed E-state index contributed by atoms with van der Waals surface area (Å²) in [5.41, 5.74) is 2.52. The van der Waals surface area contributed by atoms with Crippen molar-refractivity contribution in [1.82, 2.24) is 25.1 Å². The Morgan fingerprint density at radius 3 is 2.46 bits per heavy atom. The van der Waals surface area contributed by atoms with Gasteiger partial charge in [-0.25, -0.2) is 8.42 Å². The summed E-state index contributed by atoms with van der Waals surface area (Å²) in [4.78, 5) is 25.6. The van der Waals surface area contributed by atoms with Crippen molar-refractivity contribution < 1.29 is 32.2 Å². The van der Waals surface area contributed by atoms with Crippen molar-refractivity contribution in [2.75, 3.05) is 26.8 Å². The average molecular weight is 584 g/mol. The van der Waals surface area contributed by atoms with E-state index in [4.69, 9.17) is 14.2 Å². The molecule has 6 heterocycles. The van der Waals surface area contributed by atoms with Gasteiger partial charge in [-0.15, -0.1) is 0 Å². The second-order valence-corrected chi connectivity index (χ2v) is 12.0. The van der Waals surface area contributed by atoms with Gasteiger partial charge in [0.05, 0.1) is 31.1 Å². The molecule has 2 atom stereocenters. The lowest BCUT2D eigenvalue weighted by Crippen LogP contribution is -2.45. The Kier molecular flexibility index (Phi) is 8.18. The topological polar surface area (TPSA) is 152 Å². The van der Waals surface area contributed by atoms with Crippen LogP contribution >= 0.6 is 0 Å². The Hall–Kier alpha value is -4.10. The second-order valence-electron chi connectivity index (χ2n) is 10.1. The van der Waals surface area contributed by atoms with Crippen LogP contribution in [-0.2, 0) is 32.6 Å². The number of methoxy groups -OCH3 is 1. The first-order valence-electron chi connectivity index (χ1n) is 13.3. The predicted molar refractivity (Wildman–Crippen MR) is 148 cm³/mol. The van der Waals surface area contributed by atoms with Crippen LogP contribution in [0.2, 0.25) is 0 Å². The van der Waals surface area contributed by atoms with Crippen molar-refractivity contribution in [3.05, 3.63) is 65.0 Å². The molecule has 218 valence electrons. The number of ether oxygens (including phenoxy) is 3. The lowest BCUT2D eigenvalue weighted by molar-refractivity contribution is -0.123. The smallest absolute Gasteiger partial charge is 0.258 e. The molecule has 12 nitrogen and oxygen atoms in total. The van der Waals surface area contributed by atoms with Crippen LogP contribution in [0.1, 0.15) is 28.9 Å². The maximum Gasteiger partial charge on any atom is 0.258 e. The number of hydrogen-bond acceptors (Lipinski definition) is 8. The predicted octanol–water partition coefficient (Wildman–Crippen LogP) is 1.61. The van der Waals surface area contributed by atoms with Gasteiger partial charge in [-0.2, -0.15) is 9.40 Å². The van der Waals surface area contributed by atoms with Crippen LogP contribution in [0.4, 0.5) is 0 Å². The van der Waals surface area contributed by atoms with Gasteiger partial charge < -0.3 is 24.8 Å². The van der Waals surface area contributed by atoms with Gasteiger partial charge in [0, 0.05) is 19.5 Å². The van der Waals surface area contributed by atoms with Crippen molar-refractivity contribution in [3.63, 3.8) is 0 Å². The highest BCUT2D eigenvalue weighted by Gasteiger charge is 2.43. The van der Waals surface area contributed by atoms with Gasteiger partial charge in [0.15, 0.2) is 18.1 Å². The van der Waals surface area contributed by atoms with Crippen molar-refractivity contribution in [2.45, 2.75) is 50.3 Å². The minimum Gasteiger partial charge on any atom is -0.493 e. The summed E-state index contributed by atoms with van der Waals surface area (Å²) >= 11 is 0. The van der Waals surface area contributed by atoms with E-state index in [1.807, 2.05) is 18.2 Å². The van der Waals surface area contributed by atoms with E-state index in [1.165, 1.54) is 11.4 Å². The van der Waals surface area contributed by atoms with E-state index >= 15 is 0 Å². The Labute approximate surface area is 238 Å². The number of carbonyl (C=O) groups excluding carboxylic acids is 2. The molecule has 4 bridgehead atoms. The third-order valence-corrected chi connectivity index (χ3v) is 9.26. The SMILES string of the molecule is COc1cc2ccc1OCC(=O)NCc1ccc(cc1)O[C@H]1CN(S(=O)(=O)c3c(C)n[nH]c3C)C[C@@H]1NC(=O)CC2. The van der Waals surface area contributed by atoms with Crippen LogP contribution in [0, 0.1) is 13.8 Å². The van der Waals surface area contributed by atoms with Crippen molar-refractivity contribution in [3.8, 4) is 17.2 Å². The number of nitrogens with zero attached hydrogens (tertiary/aromatic N) is 2. The summed E-state index contributed by atoms with van der Waals surface area (Å²) in [7, 11) is -2.38. The fourth-order valence-corrected chi connectivity index (χ4v) is 6.83. The van der Waals surface area contributed by atoms with Crippen LogP contribution in [0.5, 0.6) is 17.2 Å². The molecule has 2 aromatic carbocycles. The van der Waals surface area contributed by atoms with Crippen molar-refractivity contribution >= 4 is 21.8 Å². The molecule has 8 rings (SSSR count). The number of carbonyl (C=O) groups is 2. The first-order valence-corrected chi connectivity index (χ1v) is 14.7. The number of hydrogen-bond donors (Lipinski definition) is 3. The summed E-state index contributed by atoms with van der Waals surface area (Å²) in [6.07, 6.45) is -0.0528. The van der Waals surface area contributed by atoms with Gasteiger partial charge >= 0.3 is 0 Å². The van der Waals surface area contributed by atoms with Crippen LogP contribution < -0.4 is 24.8 Å². The van der Waals surface area contributed by atoms with Gasteiger partial charge in [0.2, 0.25) is 15.9 Å². The van der Waals surface area contributed by atoms with Gasteiger partial charge in [-0.05, 0) is 55.7 Å². The first kappa shape index (κ1) is 28.4. The van der Waals surface area contributed by atoms with E-state index in [2.05, 4.69) is 20.8 Å². The van der Waals surface area contributed by atoms with Crippen molar-refractivity contribution in [2.24, 2.45) is 0 Å². The number of benzene rings is 2. The average Bonchev–Trinajstić information content (AvgIpc) is 3.52. The number of H-pyrrole nitrogens is 1. The molecule has 2 amide bonds. The van der Waals surface area contributed by atoms with E-state index in [1.54, 1.807) is 38.1 Å². The number of sulfonamides is 1. The Bertz CT molecular complexity index is 1520. The molecule has 5 aliphatic heterocycles. The zero-order valence-electron chi connectivity index (χ0n) is 23.1. The van der Waals surface area contributed by atoms with Crippen LogP contribution in [-0.4, -0.2) is 73.7 Å². The van der Waals surface area contributed by atoms with Gasteiger partial charge in [-0.3, -0.25) is 14.7 Å². The molecule has 1 fully saturated rings. The minimum absolute atomic E-state index is 0.0484. The Morgan fingerprint density at radius 1 is 1.00 bits per heavy atom. The monoisotopic (exact) mass is 583 g/mol. The Morgan fingerprint density at radius 2 is 1.76 bits per heavy atom. The second kappa shape index (κ2) is 11.8. The van der Waals surface area contributed by atoms with E-state index in [9.17, 15) is 18.0 Å². The fourth-order valence-electron chi connectivity index (χ4n) is 5.02. The minimum atomic E-state index is -3.89. The maximum atomic E-state index is 13.6. The van der Waals surface area contributed by atoms with Gasteiger partial charge in [0.1, 0.15) is 16.7 Å². The summed E-state index contributed by atoms with van der Waals surface area (Å²) in [5.74, 6) is 0.865. The zero-order chi connectivity index (χ0) is 29.1. The molecule has 41 heavy (non-hydrogen) atoms. The lowest BCUT2D eigenvalue weighted by atomic mass is 10.1. The number of aromatic amines is 1. The summed E-state index contributed by atoms with van der Waals surface area (Å²) in [6.45, 7) is 3.50. The molecule has 0 saturated carbocycles. The third kappa shape index (κ3) is 6.30. The first-order chi connectivity index (χ1) is 19.6. The van der Waals surface area contributed by atoms with Gasteiger partial charge in [0.25, 0.3) is 5.91 Å². The van der Waals surface area contributed by atoms with Gasteiger partial charge in [-0.1, -0.05) is 18.2 Å². The van der Waals surface area contributed by atoms with Crippen molar-refractivity contribution in [1.29, 1.82) is 0 Å². The normalized spacial score (nSPS) is 20.5. The van der Waals surface area contributed by atoms with Crippen LogP contribution in [0.3, 0.4) is 0 Å². The molecule has 0 spiro atoms. The fraction of sp³-hybridized carbons (Fsp3) is 0.393. The number of rotatable bonds is 3. The largest absolute Gasteiger partial charge is 0.493 e. The molecule has 1 aromatic heterocycles. The number of aryl methyl sites for hydroxylation is 3. The highest BCUT2D eigenvalue weighted by Crippen LogP contribution is 2.30. The molecule has 1 saturated heterocycles. The molecule has 3 N–H and O–H groups in total. The molecule has 0 unspecified atom stereocenters. The molecular weight excluding hydrogens is 550 g/mol. The lowest BCUT2D eigenvalue weighted by Gasteiger charge is -2.21. The quantitative estimate of drug-likeness (QED) is 0.421. The number of amides is 2. The van der Waals surface area contributed by atoms with E-state index in [-0.39, 0.29) is 49.4 Å². The Balaban J connectivity index is 1.41. The highest BCUT2D eigenvalue weighted by atomic mass is 32.2. The highest BCUT2D eigenvalue weighted by molar-refractivity contribution is 7.89. The van der Waals surface area contributed by atoms with E-state index < -0.39 is 22.2 Å². The summed E-state index contributed by atoms with van der Waals surface area (Å²) < 4.78 is 45.8. The standard InChI is InChI=1S/C28H33N5O7S/c1-17-28(18(2)32-31-17)41(36,37)33-14-22-25(15-33)40-21-8-4-20(5-9-21)13-29-27(35)16-39-23-10-6-19(12-24(23)38-3)7-11-26(34)30-22/h4-6,8-10,12,22,25H,7,11,13-16H2,1-3H3,(H,29,35)(H,30,34)(H,31,32)/t22-,25-/m0/s1. The van der Waals surface area contributed by atoms with E-state index in [0.717, 1.165) is 11.1 Å². The number of aromatic nitrogens is 2. The molecule has 5 aliphatic rings. The maximum absolute atomic E-state index is 13.6. The summed E-state index contributed by atoms with van der Waals surface area (Å²) in [5, 5.41) is 12.6. The van der Waals surface area contributed by atoms with Crippen LogP contribution in [0.15, 0.2) is 47.4 Å². The van der Waals surface area contributed by atoms with Crippen LogP contribution in [0.25, 0.3) is 0 Å². The third-order valence-electron chi connectivity index (χ3n) is 7.17. The number of nitrogens with one attached hydrogen (secondary N) is 3. The molecule has 3 aromatic rings. The van der Waals surface area contributed by atoms with E-state index in [0.29, 0.717) is 35.1 Å². The molecular formula is C28H33N5O7S. The zero-order valence-corrected chi connectivity index (χ0v) is 23.9. The molecule has 0 radical (unpaired) electrons.